The van der Waals surface area contributed by atoms with Crippen LogP contribution in [0.25, 0.3) is 0 Å². The van der Waals surface area contributed by atoms with Crippen LogP contribution in [-0.4, -0.2) is 17.8 Å². The van der Waals surface area contributed by atoms with Gasteiger partial charge < -0.3 is 4.90 Å². The lowest BCUT2D eigenvalue weighted by atomic mass is 10.2. The normalized spacial score (nSPS) is 20.1. The summed E-state index contributed by atoms with van der Waals surface area (Å²) in [5, 5.41) is 1.13. The van der Waals surface area contributed by atoms with Crippen LogP contribution < -0.4 is 4.90 Å². The molecule has 6 heteroatoms. The highest BCUT2D eigenvalue weighted by Crippen LogP contribution is 2.35. The van der Waals surface area contributed by atoms with Crippen LogP contribution in [0.1, 0.15) is 6.42 Å². The van der Waals surface area contributed by atoms with E-state index in [9.17, 15) is 9.18 Å². The molecule has 92 valence electrons. The molecule has 0 spiro atoms. The third kappa shape index (κ3) is 2.66. The van der Waals surface area contributed by atoms with Gasteiger partial charge in [-0.15, -0.1) is 0 Å². The lowest BCUT2D eigenvalue weighted by Gasteiger charge is -2.18. The van der Waals surface area contributed by atoms with Crippen molar-refractivity contribution in [2.75, 3.05) is 16.8 Å². The number of hydrogen-bond donors (Lipinski definition) is 0. The molecule has 1 fully saturated rings. The van der Waals surface area contributed by atoms with Crippen molar-refractivity contribution >= 4 is 55.1 Å². The summed E-state index contributed by atoms with van der Waals surface area (Å²) in [6.07, 6.45) is 0.471. The molecular formula is C11H9Br2ClFNO. The number of nitrogens with zero attached hydrogens (tertiary/aromatic N) is 1. The second-order valence-electron chi connectivity index (χ2n) is 3.95. The van der Waals surface area contributed by atoms with Crippen LogP contribution in [0.3, 0.4) is 0 Å². The number of rotatable bonds is 2. The molecule has 2 rings (SSSR count). The van der Waals surface area contributed by atoms with Gasteiger partial charge in [-0.05, 0) is 27.9 Å². The Morgan fingerprint density at radius 2 is 2.24 bits per heavy atom. The fraction of sp³-hybridized carbons (Fsp3) is 0.364. The molecule has 1 aromatic rings. The van der Waals surface area contributed by atoms with E-state index in [4.69, 9.17) is 11.6 Å². The van der Waals surface area contributed by atoms with E-state index in [1.807, 2.05) is 0 Å². The van der Waals surface area contributed by atoms with Crippen molar-refractivity contribution in [2.24, 2.45) is 5.92 Å². The topological polar surface area (TPSA) is 20.3 Å². The van der Waals surface area contributed by atoms with Gasteiger partial charge in [-0.2, -0.15) is 0 Å². The Kier molecular flexibility index (Phi) is 4.10. The molecule has 17 heavy (non-hydrogen) atoms. The monoisotopic (exact) mass is 383 g/mol. The van der Waals surface area contributed by atoms with E-state index in [0.717, 1.165) is 5.33 Å². The Morgan fingerprint density at radius 3 is 2.82 bits per heavy atom. The van der Waals surface area contributed by atoms with Gasteiger partial charge >= 0.3 is 0 Å². The lowest BCUT2D eigenvalue weighted by Crippen LogP contribution is -2.25. The summed E-state index contributed by atoms with van der Waals surface area (Å²) in [4.78, 5) is 13.4. The Hall–Kier alpha value is -0.130. The molecule has 0 aromatic heterocycles. The second-order valence-corrected chi connectivity index (χ2v) is 5.86. The smallest absolute Gasteiger partial charge is 0.227 e. The summed E-state index contributed by atoms with van der Waals surface area (Å²) in [6, 6.07) is 2.77. The largest absolute Gasteiger partial charge is 0.311 e. The minimum Gasteiger partial charge on any atom is -0.311 e. The van der Waals surface area contributed by atoms with E-state index in [-0.39, 0.29) is 11.8 Å². The van der Waals surface area contributed by atoms with Crippen LogP contribution in [0, 0.1) is 11.7 Å². The summed E-state index contributed by atoms with van der Waals surface area (Å²) in [5.74, 6) is -0.178. The summed E-state index contributed by atoms with van der Waals surface area (Å²) in [7, 11) is 0. The molecule has 1 aromatic carbocycles. The average molecular weight is 385 g/mol. The fourth-order valence-electron chi connectivity index (χ4n) is 1.84. The van der Waals surface area contributed by atoms with Crippen LogP contribution in [0.4, 0.5) is 10.1 Å². The van der Waals surface area contributed by atoms with Crippen molar-refractivity contribution in [2.45, 2.75) is 6.42 Å². The van der Waals surface area contributed by atoms with E-state index in [0.29, 0.717) is 28.1 Å². The van der Waals surface area contributed by atoms with E-state index in [1.165, 1.54) is 12.1 Å². The van der Waals surface area contributed by atoms with Crippen LogP contribution in [0.2, 0.25) is 5.02 Å². The number of carbonyl (C=O) groups is 1. The van der Waals surface area contributed by atoms with E-state index >= 15 is 0 Å². The zero-order valence-corrected chi connectivity index (χ0v) is 12.6. The maximum Gasteiger partial charge on any atom is 0.227 e. The zero-order valence-electron chi connectivity index (χ0n) is 8.72. The number of alkyl halides is 1. The number of amides is 1. The quantitative estimate of drug-likeness (QED) is 0.557. The number of carbonyl (C=O) groups excluding carboxylic acids is 1. The zero-order chi connectivity index (χ0) is 12.6. The van der Waals surface area contributed by atoms with Crippen LogP contribution >= 0.6 is 43.5 Å². The SMILES string of the molecule is O=C1CC(CBr)CN1c1cc(F)c(Br)cc1Cl. The molecule has 1 heterocycles. The van der Waals surface area contributed by atoms with Gasteiger partial charge in [0.25, 0.3) is 0 Å². The lowest BCUT2D eigenvalue weighted by molar-refractivity contribution is -0.117. The van der Waals surface area contributed by atoms with Gasteiger partial charge in [-0.1, -0.05) is 27.5 Å². The third-order valence-electron chi connectivity index (χ3n) is 2.70. The summed E-state index contributed by atoms with van der Waals surface area (Å²) in [6.45, 7) is 0.574. The fourth-order valence-corrected chi connectivity index (χ4v) is 3.01. The summed E-state index contributed by atoms with van der Waals surface area (Å²) in [5.41, 5.74) is 0.445. The molecule has 0 saturated carbocycles. The summed E-state index contributed by atoms with van der Waals surface area (Å²) >= 11 is 12.4. The standard InChI is InChI=1S/C11H9Br2ClFNO/c12-4-6-1-11(17)16(5-6)10-3-9(15)7(13)2-8(10)14/h2-3,6H,1,4-5H2. The van der Waals surface area contributed by atoms with Crippen molar-refractivity contribution in [3.63, 3.8) is 0 Å². The van der Waals surface area contributed by atoms with Gasteiger partial charge in [0.15, 0.2) is 0 Å². The highest BCUT2D eigenvalue weighted by molar-refractivity contribution is 9.10. The van der Waals surface area contributed by atoms with Gasteiger partial charge in [0.2, 0.25) is 5.91 Å². The Balaban J connectivity index is 2.35. The predicted molar refractivity (Wildman–Crippen MR) is 73.4 cm³/mol. The van der Waals surface area contributed by atoms with Crippen molar-refractivity contribution in [3.05, 3.63) is 27.4 Å². The second kappa shape index (κ2) is 5.24. The molecule has 0 N–H and O–H groups in total. The first-order valence-electron chi connectivity index (χ1n) is 5.03. The van der Waals surface area contributed by atoms with Gasteiger partial charge in [0.05, 0.1) is 15.2 Å². The molecule has 1 saturated heterocycles. The maximum absolute atomic E-state index is 13.5. The van der Waals surface area contributed by atoms with Gasteiger partial charge in [-0.3, -0.25) is 4.79 Å². The molecule has 0 bridgehead atoms. The van der Waals surface area contributed by atoms with Crippen molar-refractivity contribution in [1.82, 2.24) is 0 Å². The van der Waals surface area contributed by atoms with Gasteiger partial charge in [0, 0.05) is 24.4 Å². The minimum atomic E-state index is -0.417. The molecule has 1 atom stereocenters. The molecule has 0 radical (unpaired) electrons. The highest BCUT2D eigenvalue weighted by atomic mass is 79.9. The Labute approximate surface area is 120 Å². The Bertz CT molecular complexity index is 469. The average Bonchev–Trinajstić information content (AvgIpc) is 2.65. The van der Waals surface area contributed by atoms with Crippen molar-refractivity contribution in [3.8, 4) is 0 Å². The molecule has 0 aliphatic carbocycles. The van der Waals surface area contributed by atoms with Crippen LogP contribution in [0.15, 0.2) is 16.6 Å². The molecule has 2 nitrogen and oxygen atoms in total. The van der Waals surface area contributed by atoms with Crippen molar-refractivity contribution in [1.29, 1.82) is 0 Å². The molecule has 1 aliphatic heterocycles. The first-order chi connectivity index (χ1) is 8.02. The number of halogens is 4. The van der Waals surface area contributed by atoms with E-state index < -0.39 is 5.82 Å². The maximum atomic E-state index is 13.5. The first kappa shape index (κ1) is 13.3. The van der Waals surface area contributed by atoms with E-state index in [1.54, 1.807) is 4.90 Å². The minimum absolute atomic E-state index is 0.0157. The molecule has 1 amide bonds. The number of benzene rings is 1. The molecular weight excluding hydrogens is 376 g/mol. The Morgan fingerprint density at radius 1 is 1.53 bits per heavy atom. The van der Waals surface area contributed by atoms with Gasteiger partial charge in [-0.25, -0.2) is 4.39 Å². The molecule has 1 aliphatic rings. The van der Waals surface area contributed by atoms with Crippen LogP contribution in [0.5, 0.6) is 0 Å². The molecule has 1 unspecified atom stereocenters. The highest BCUT2D eigenvalue weighted by Gasteiger charge is 2.31. The predicted octanol–water partition coefficient (Wildman–Crippen LogP) is 3.99. The first-order valence-corrected chi connectivity index (χ1v) is 7.33. The van der Waals surface area contributed by atoms with Crippen LogP contribution in [-0.2, 0) is 4.79 Å². The van der Waals surface area contributed by atoms with E-state index in [2.05, 4.69) is 31.9 Å². The summed E-state index contributed by atoms with van der Waals surface area (Å²) < 4.78 is 13.8. The number of anilines is 1. The number of hydrogen-bond acceptors (Lipinski definition) is 1. The van der Waals surface area contributed by atoms with Crippen molar-refractivity contribution < 1.29 is 9.18 Å². The third-order valence-corrected chi connectivity index (χ3v) is 4.53. The van der Waals surface area contributed by atoms with Gasteiger partial charge in [0.1, 0.15) is 5.82 Å².